The van der Waals surface area contributed by atoms with Crippen LogP contribution in [0.25, 0.3) is 0 Å². The van der Waals surface area contributed by atoms with Crippen molar-refractivity contribution in [1.82, 2.24) is 5.32 Å². The van der Waals surface area contributed by atoms with Gasteiger partial charge in [-0.15, -0.1) is 0 Å². The van der Waals surface area contributed by atoms with Gasteiger partial charge in [0, 0.05) is 10.7 Å². The normalized spacial score (nSPS) is 16.6. The molecule has 25 heavy (non-hydrogen) atoms. The molecule has 0 radical (unpaired) electrons. The van der Waals surface area contributed by atoms with Crippen LogP contribution in [0.15, 0.2) is 48.5 Å². The summed E-state index contributed by atoms with van der Waals surface area (Å²) in [6.07, 6.45) is -0.748. The molecule has 7 heteroatoms. The molecule has 1 saturated heterocycles. The zero-order valence-electron chi connectivity index (χ0n) is 13.2. The van der Waals surface area contributed by atoms with Gasteiger partial charge in [-0.2, -0.15) is 0 Å². The van der Waals surface area contributed by atoms with Crippen molar-refractivity contribution in [3.63, 3.8) is 0 Å². The average molecular weight is 363 g/mol. The number of nitrogens with one attached hydrogen (secondary N) is 1. The molecule has 3 rings (SSSR count). The molecule has 0 bridgehead atoms. The Morgan fingerprint density at radius 3 is 2.56 bits per heavy atom. The minimum Gasteiger partial charge on any atom is -0.442 e. The molecular weight excluding hydrogens is 347 g/mol. The van der Waals surface area contributed by atoms with E-state index in [1.54, 1.807) is 36.4 Å². The number of cyclic esters (lactones) is 1. The largest absolute Gasteiger partial charge is 0.442 e. The fourth-order valence-corrected chi connectivity index (χ4v) is 2.66. The summed E-state index contributed by atoms with van der Waals surface area (Å²) < 4.78 is 18.1. The molecule has 2 aromatic carbocycles. The van der Waals surface area contributed by atoms with E-state index >= 15 is 0 Å². The lowest BCUT2D eigenvalue weighted by molar-refractivity contribution is -0.120. The van der Waals surface area contributed by atoms with Crippen molar-refractivity contribution in [3.8, 4) is 0 Å². The van der Waals surface area contributed by atoms with Crippen molar-refractivity contribution in [2.24, 2.45) is 0 Å². The Morgan fingerprint density at radius 2 is 1.88 bits per heavy atom. The molecule has 5 nitrogen and oxygen atoms in total. The molecule has 0 aromatic heterocycles. The summed E-state index contributed by atoms with van der Waals surface area (Å²) in [7, 11) is 0. The molecule has 1 aliphatic heterocycles. The summed E-state index contributed by atoms with van der Waals surface area (Å²) in [4.78, 5) is 25.4. The number of amides is 2. The van der Waals surface area contributed by atoms with E-state index < -0.39 is 12.2 Å². The van der Waals surface area contributed by atoms with Crippen molar-refractivity contribution >= 4 is 29.3 Å². The lowest BCUT2D eigenvalue weighted by Crippen LogP contribution is -2.35. The highest BCUT2D eigenvalue weighted by Gasteiger charge is 2.32. The topological polar surface area (TPSA) is 58.6 Å². The fourth-order valence-electron chi connectivity index (χ4n) is 2.54. The molecule has 0 spiro atoms. The summed E-state index contributed by atoms with van der Waals surface area (Å²) in [5.74, 6) is -0.558. The van der Waals surface area contributed by atoms with Gasteiger partial charge in [-0.25, -0.2) is 9.18 Å². The van der Waals surface area contributed by atoms with E-state index in [1.165, 1.54) is 17.0 Å². The molecule has 1 heterocycles. The lowest BCUT2D eigenvalue weighted by Gasteiger charge is -2.13. The third kappa shape index (κ3) is 4.48. The van der Waals surface area contributed by atoms with E-state index in [-0.39, 0.29) is 24.7 Å². The summed E-state index contributed by atoms with van der Waals surface area (Å²) >= 11 is 5.84. The Balaban J connectivity index is 1.50. The average Bonchev–Trinajstić information content (AvgIpc) is 2.97. The Kier molecular flexibility index (Phi) is 5.19. The van der Waals surface area contributed by atoms with Crippen LogP contribution in [0.2, 0.25) is 5.02 Å². The van der Waals surface area contributed by atoms with E-state index in [0.29, 0.717) is 22.8 Å². The number of hydrogen-bond acceptors (Lipinski definition) is 3. The first-order valence-electron chi connectivity index (χ1n) is 7.76. The first-order valence-corrected chi connectivity index (χ1v) is 8.14. The molecule has 0 aliphatic carbocycles. The predicted molar refractivity (Wildman–Crippen MR) is 92.2 cm³/mol. The lowest BCUT2D eigenvalue weighted by atomic mass is 10.1. The molecule has 1 aliphatic rings. The number of nitrogens with zero attached hydrogens (tertiary/aromatic N) is 1. The standard InChI is InChI=1S/C18H16ClFN2O3/c19-13-3-7-15(8-4-13)22-11-16(25-18(22)24)10-21-17(23)9-12-1-5-14(20)6-2-12/h1-8,16H,9-11H2,(H,21,23). The van der Waals surface area contributed by atoms with Crippen LogP contribution >= 0.6 is 11.6 Å². The number of rotatable bonds is 5. The second-order valence-electron chi connectivity index (χ2n) is 5.70. The molecule has 1 fully saturated rings. The predicted octanol–water partition coefficient (Wildman–Crippen LogP) is 3.16. The number of halogens is 2. The number of hydrogen-bond donors (Lipinski definition) is 1. The second-order valence-corrected chi connectivity index (χ2v) is 6.14. The molecule has 2 amide bonds. The van der Waals surface area contributed by atoms with Crippen molar-refractivity contribution in [2.45, 2.75) is 12.5 Å². The molecule has 2 aromatic rings. The maximum Gasteiger partial charge on any atom is 0.414 e. The van der Waals surface area contributed by atoms with E-state index in [9.17, 15) is 14.0 Å². The minimum absolute atomic E-state index is 0.141. The first kappa shape index (κ1) is 17.2. The molecule has 1 N–H and O–H groups in total. The highest BCUT2D eigenvalue weighted by molar-refractivity contribution is 6.30. The number of benzene rings is 2. The van der Waals surface area contributed by atoms with Crippen LogP contribution in [0.4, 0.5) is 14.9 Å². The Labute approximate surface area is 149 Å². The van der Waals surface area contributed by atoms with Crippen LogP contribution in [-0.2, 0) is 16.0 Å². The van der Waals surface area contributed by atoms with Gasteiger partial charge in [-0.05, 0) is 42.0 Å². The molecule has 0 saturated carbocycles. The Morgan fingerprint density at radius 1 is 1.20 bits per heavy atom. The monoisotopic (exact) mass is 362 g/mol. The number of anilines is 1. The summed E-state index contributed by atoms with van der Waals surface area (Å²) in [6, 6.07) is 12.6. The summed E-state index contributed by atoms with van der Waals surface area (Å²) in [5.41, 5.74) is 1.40. The summed E-state index contributed by atoms with van der Waals surface area (Å²) in [5, 5.41) is 3.32. The molecule has 1 unspecified atom stereocenters. The van der Waals surface area contributed by atoms with Gasteiger partial charge in [-0.1, -0.05) is 23.7 Å². The molecule has 1 atom stereocenters. The van der Waals surface area contributed by atoms with E-state index in [1.807, 2.05) is 0 Å². The van der Waals surface area contributed by atoms with Crippen LogP contribution in [-0.4, -0.2) is 31.2 Å². The third-order valence-electron chi connectivity index (χ3n) is 3.82. The van der Waals surface area contributed by atoms with Gasteiger partial charge in [0.2, 0.25) is 5.91 Å². The van der Waals surface area contributed by atoms with Crippen LogP contribution in [0.5, 0.6) is 0 Å². The quantitative estimate of drug-likeness (QED) is 0.888. The zero-order chi connectivity index (χ0) is 17.8. The van der Waals surface area contributed by atoms with E-state index in [4.69, 9.17) is 16.3 Å². The smallest absolute Gasteiger partial charge is 0.414 e. The van der Waals surface area contributed by atoms with Gasteiger partial charge < -0.3 is 10.1 Å². The SMILES string of the molecule is O=C(Cc1ccc(F)cc1)NCC1CN(c2ccc(Cl)cc2)C(=O)O1. The second kappa shape index (κ2) is 7.53. The molecular formula is C18H16ClFN2O3. The first-order chi connectivity index (χ1) is 12.0. The summed E-state index contributed by atoms with van der Waals surface area (Å²) in [6.45, 7) is 0.563. The van der Waals surface area contributed by atoms with Gasteiger partial charge in [0.1, 0.15) is 11.9 Å². The van der Waals surface area contributed by atoms with E-state index in [2.05, 4.69) is 5.32 Å². The maximum absolute atomic E-state index is 12.9. The van der Waals surface area contributed by atoms with Gasteiger partial charge in [0.05, 0.1) is 19.5 Å². The highest BCUT2D eigenvalue weighted by Crippen LogP contribution is 2.23. The van der Waals surface area contributed by atoms with Gasteiger partial charge in [0.25, 0.3) is 0 Å². The van der Waals surface area contributed by atoms with Gasteiger partial charge in [0.15, 0.2) is 0 Å². The van der Waals surface area contributed by atoms with Crippen LogP contribution in [0, 0.1) is 5.82 Å². The third-order valence-corrected chi connectivity index (χ3v) is 4.07. The van der Waals surface area contributed by atoms with Crippen LogP contribution in [0.3, 0.4) is 0 Å². The van der Waals surface area contributed by atoms with Gasteiger partial charge >= 0.3 is 6.09 Å². The minimum atomic E-state index is -0.458. The van der Waals surface area contributed by atoms with Crippen LogP contribution in [0.1, 0.15) is 5.56 Å². The van der Waals surface area contributed by atoms with Gasteiger partial charge in [-0.3, -0.25) is 9.69 Å². The van der Waals surface area contributed by atoms with Crippen LogP contribution < -0.4 is 10.2 Å². The number of ether oxygens (including phenoxy) is 1. The zero-order valence-corrected chi connectivity index (χ0v) is 14.0. The fraction of sp³-hybridized carbons (Fsp3) is 0.222. The number of carbonyl (C=O) groups is 2. The van der Waals surface area contributed by atoms with Crippen molar-refractivity contribution in [1.29, 1.82) is 0 Å². The highest BCUT2D eigenvalue weighted by atomic mass is 35.5. The maximum atomic E-state index is 12.9. The molecule has 130 valence electrons. The van der Waals surface area contributed by atoms with E-state index in [0.717, 1.165) is 0 Å². The van der Waals surface area contributed by atoms with Crippen molar-refractivity contribution in [2.75, 3.05) is 18.0 Å². The Bertz CT molecular complexity index is 765. The van der Waals surface area contributed by atoms with Crippen molar-refractivity contribution in [3.05, 3.63) is 64.9 Å². The van der Waals surface area contributed by atoms with Crippen molar-refractivity contribution < 1.29 is 18.7 Å². The Hall–Kier alpha value is -2.60. The number of carbonyl (C=O) groups excluding carboxylic acids is 2.